The molecule has 1 aromatic carbocycles. The van der Waals surface area contributed by atoms with E-state index in [1.807, 2.05) is 0 Å². The van der Waals surface area contributed by atoms with Crippen LogP contribution in [0.25, 0.3) is 11.3 Å². The third-order valence-electron chi connectivity index (χ3n) is 3.34. The lowest BCUT2D eigenvalue weighted by Crippen LogP contribution is -2.31. The van der Waals surface area contributed by atoms with Crippen LogP contribution >= 0.6 is 0 Å². The highest BCUT2D eigenvalue weighted by atomic mass is 19.1. The number of nitrogens with zero attached hydrogens (tertiary/aromatic N) is 1. The van der Waals surface area contributed by atoms with Gasteiger partial charge in [-0.25, -0.2) is 13.8 Å². The van der Waals surface area contributed by atoms with E-state index in [4.69, 9.17) is 9.52 Å². The molecule has 1 amide bonds. The van der Waals surface area contributed by atoms with E-state index in [-0.39, 0.29) is 42.5 Å². The van der Waals surface area contributed by atoms with Gasteiger partial charge in [-0.2, -0.15) is 0 Å². The largest absolute Gasteiger partial charge is 0.481 e. The zero-order valence-electron chi connectivity index (χ0n) is 12.9. The summed E-state index contributed by atoms with van der Waals surface area (Å²) in [5.41, 5.74) is 0.0786. The van der Waals surface area contributed by atoms with Crippen LogP contribution in [0.4, 0.5) is 8.78 Å². The number of amides is 1. The third-order valence-corrected chi connectivity index (χ3v) is 3.34. The fraction of sp³-hybridized carbons (Fsp3) is 0.312. The Balaban J connectivity index is 1.90. The van der Waals surface area contributed by atoms with Crippen molar-refractivity contribution in [3.8, 4) is 11.3 Å². The number of halogens is 2. The second-order valence-electron chi connectivity index (χ2n) is 5.29. The Labute approximate surface area is 136 Å². The first kappa shape index (κ1) is 17.6. The zero-order valence-corrected chi connectivity index (χ0v) is 12.9. The average Bonchev–Trinajstić information content (AvgIpc) is 2.99. The zero-order chi connectivity index (χ0) is 17.7. The average molecular weight is 338 g/mol. The summed E-state index contributed by atoms with van der Waals surface area (Å²) in [6, 6.07) is 3.10. The van der Waals surface area contributed by atoms with Crippen LogP contribution in [0.2, 0.25) is 0 Å². The van der Waals surface area contributed by atoms with E-state index in [2.05, 4.69) is 10.3 Å². The van der Waals surface area contributed by atoms with E-state index in [1.165, 1.54) is 19.2 Å². The van der Waals surface area contributed by atoms with Gasteiger partial charge >= 0.3 is 5.97 Å². The summed E-state index contributed by atoms with van der Waals surface area (Å²) in [6.45, 7) is 1.52. The molecule has 1 atom stereocenters. The van der Waals surface area contributed by atoms with Gasteiger partial charge in [-0.3, -0.25) is 9.59 Å². The molecule has 0 bridgehead atoms. The van der Waals surface area contributed by atoms with Crippen molar-refractivity contribution in [2.75, 3.05) is 6.54 Å². The molecule has 24 heavy (non-hydrogen) atoms. The standard InChI is InChI=1S/C16H16F2N2O4/c1-9(16(22)23)7-19-14(21)4-5-15-20-8-13(24-15)11-3-2-10(17)6-12(11)18/h2-3,6,8-9H,4-5,7H2,1H3,(H,19,21)(H,22,23). The summed E-state index contributed by atoms with van der Waals surface area (Å²) in [5, 5.41) is 11.2. The van der Waals surface area contributed by atoms with Crippen LogP contribution in [0, 0.1) is 17.6 Å². The number of hydrogen-bond donors (Lipinski definition) is 2. The lowest BCUT2D eigenvalue weighted by Gasteiger charge is -2.07. The number of benzene rings is 1. The van der Waals surface area contributed by atoms with Gasteiger partial charge in [0.15, 0.2) is 11.7 Å². The molecule has 1 aromatic heterocycles. The van der Waals surface area contributed by atoms with E-state index in [0.29, 0.717) is 0 Å². The van der Waals surface area contributed by atoms with E-state index in [0.717, 1.165) is 12.1 Å². The summed E-state index contributed by atoms with van der Waals surface area (Å²) in [6.07, 6.45) is 1.53. The minimum absolute atomic E-state index is 0.0335. The maximum Gasteiger partial charge on any atom is 0.308 e. The Morgan fingerprint density at radius 1 is 1.38 bits per heavy atom. The van der Waals surface area contributed by atoms with Crippen molar-refractivity contribution in [1.29, 1.82) is 0 Å². The van der Waals surface area contributed by atoms with Gasteiger partial charge in [-0.05, 0) is 12.1 Å². The first-order valence-electron chi connectivity index (χ1n) is 7.26. The van der Waals surface area contributed by atoms with Crippen molar-refractivity contribution in [1.82, 2.24) is 10.3 Å². The number of carbonyl (C=O) groups is 2. The number of rotatable bonds is 7. The Hall–Kier alpha value is -2.77. The van der Waals surface area contributed by atoms with E-state index < -0.39 is 23.5 Å². The van der Waals surface area contributed by atoms with Gasteiger partial charge in [0.1, 0.15) is 11.6 Å². The molecule has 0 fully saturated rings. The third kappa shape index (κ3) is 4.61. The Kier molecular flexibility index (Phi) is 5.62. The molecule has 0 saturated heterocycles. The highest BCUT2D eigenvalue weighted by Gasteiger charge is 2.14. The number of aryl methyl sites for hydroxylation is 1. The lowest BCUT2D eigenvalue weighted by molar-refractivity contribution is -0.141. The van der Waals surface area contributed by atoms with Crippen molar-refractivity contribution >= 4 is 11.9 Å². The fourth-order valence-electron chi connectivity index (χ4n) is 1.90. The van der Waals surface area contributed by atoms with Crippen molar-refractivity contribution in [3.63, 3.8) is 0 Å². The number of carboxylic acids is 1. The normalized spacial score (nSPS) is 12.0. The van der Waals surface area contributed by atoms with Gasteiger partial charge in [-0.1, -0.05) is 6.92 Å². The second kappa shape index (κ2) is 7.67. The molecule has 0 radical (unpaired) electrons. The molecular formula is C16H16F2N2O4. The monoisotopic (exact) mass is 338 g/mol. The van der Waals surface area contributed by atoms with Gasteiger partial charge in [0.05, 0.1) is 17.7 Å². The number of nitrogens with one attached hydrogen (secondary N) is 1. The fourth-order valence-corrected chi connectivity index (χ4v) is 1.90. The maximum absolute atomic E-state index is 13.7. The molecule has 0 aliphatic heterocycles. The van der Waals surface area contributed by atoms with Crippen molar-refractivity contribution in [3.05, 3.63) is 41.9 Å². The molecule has 0 aliphatic carbocycles. The van der Waals surface area contributed by atoms with Gasteiger partial charge in [0.2, 0.25) is 5.91 Å². The molecular weight excluding hydrogens is 322 g/mol. The molecule has 128 valence electrons. The van der Waals surface area contributed by atoms with Crippen molar-refractivity contribution in [2.24, 2.45) is 5.92 Å². The number of aromatic nitrogens is 1. The first-order chi connectivity index (χ1) is 11.4. The molecule has 8 heteroatoms. The van der Waals surface area contributed by atoms with Crippen LogP contribution < -0.4 is 5.32 Å². The van der Waals surface area contributed by atoms with Crippen LogP contribution in [0.15, 0.2) is 28.8 Å². The molecule has 0 aliphatic rings. The molecule has 0 saturated carbocycles. The SMILES string of the molecule is CC(CNC(=O)CCc1ncc(-c2ccc(F)cc2F)o1)C(=O)O. The summed E-state index contributed by atoms with van der Waals surface area (Å²) in [4.78, 5) is 26.2. The van der Waals surface area contributed by atoms with Crippen LogP contribution in [-0.2, 0) is 16.0 Å². The van der Waals surface area contributed by atoms with Crippen LogP contribution in [0.3, 0.4) is 0 Å². The Morgan fingerprint density at radius 3 is 2.79 bits per heavy atom. The Morgan fingerprint density at radius 2 is 2.12 bits per heavy atom. The Bertz CT molecular complexity index is 745. The summed E-state index contributed by atoms with van der Waals surface area (Å²) >= 11 is 0. The van der Waals surface area contributed by atoms with E-state index in [9.17, 15) is 18.4 Å². The minimum Gasteiger partial charge on any atom is -0.481 e. The summed E-state index contributed by atoms with van der Waals surface area (Å²) < 4.78 is 31.9. The molecule has 2 rings (SSSR count). The lowest BCUT2D eigenvalue weighted by atomic mass is 10.2. The summed E-state index contributed by atoms with van der Waals surface area (Å²) in [5.74, 6) is -3.09. The number of oxazole rings is 1. The minimum atomic E-state index is -0.992. The first-order valence-corrected chi connectivity index (χ1v) is 7.26. The maximum atomic E-state index is 13.7. The van der Waals surface area contributed by atoms with Gasteiger partial charge in [0.25, 0.3) is 0 Å². The topological polar surface area (TPSA) is 92.4 Å². The molecule has 6 nitrogen and oxygen atoms in total. The number of aliphatic carboxylic acids is 1. The van der Waals surface area contributed by atoms with Crippen molar-refractivity contribution in [2.45, 2.75) is 19.8 Å². The van der Waals surface area contributed by atoms with Gasteiger partial charge < -0.3 is 14.8 Å². The van der Waals surface area contributed by atoms with Crippen LogP contribution in [0.1, 0.15) is 19.2 Å². The predicted molar refractivity (Wildman–Crippen MR) is 80.0 cm³/mol. The number of carboxylic acid groups (broad SMARTS) is 1. The molecule has 1 unspecified atom stereocenters. The van der Waals surface area contributed by atoms with E-state index >= 15 is 0 Å². The number of hydrogen-bond acceptors (Lipinski definition) is 4. The predicted octanol–water partition coefficient (Wildman–Crippen LogP) is 2.39. The molecule has 1 heterocycles. The molecule has 0 spiro atoms. The van der Waals surface area contributed by atoms with Crippen molar-refractivity contribution < 1.29 is 27.9 Å². The second-order valence-corrected chi connectivity index (χ2v) is 5.29. The smallest absolute Gasteiger partial charge is 0.308 e. The highest BCUT2D eigenvalue weighted by molar-refractivity contribution is 5.77. The summed E-state index contributed by atoms with van der Waals surface area (Å²) in [7, 11) is 0. The van der Waals surface area contributed by atoms with Crippen LogP contribution in [0.5, 0.6) is 0 Å². The van der Waals surface area contributed by atoms with E-state index in [1.54, 1.807) is 0 Å². The van der Waals surface area contributed by atoms with Gasteiger partial charge in [-0.15, -0.1) is 0 Å². The molecule has 2 aromatic rings. The quantitative estimate of drug-likeness (QED) is 0.809. The molecule has 2 N–H and O–H groups in total. The highest BCUT2D eigenvalue weighted by Crippen LogP contribution is 2.24. The number of carbonyl (C=O) groups excluding carboxylic acids is 1. The van der Waals surface area contributed by atoms with Gasteiger partial charge in [0, 0.05) is 25.5 Å². The van der Waals surface area contributed by atoms with Crippen LogP contribution in [-0.4, -0.2) is 28.5 Å².